The summed E-state index contributed by atoms with van der Waals surface area (Å²) in [5, 5.41) is 12.3. The van der Waals surface area contributed by atoms with Crippen LogP contribution in [0.4, 0.5) is 5.69 Å². The number of Topliss-reactive ketones (excluding diaryl/α,β-unsaturated/α-hetero) is 2. The molecule has 0 saturated carbocycles. The van der Waals surface area contributed by atoms with Gasteiger partial charge in [0.1, 0.15) is 0 Å². The number of amides is 1. The SMILES string of the molecule is CC(=O)Nc1ccc([C@H](O)CC(=O)C(C)=O)cc1. The van der Waals surface area contributed by atoms with Crippen molar-refractivity contribution in [1.29, 1.82) is 0 Å². The highest BCUT2D eigenvalue weighted by Gasteiger charge is 2.16. The maximum Gasteiger partial charge on any atom is 0.221 e. The molecule has 0 aliphatic heterocycles. The second kappa shape index (κ2) is 6.07. The van der Waals surface area contributed by atoms with Gasteiger partial charge in [-0.25, -0.2) is 0 Å². The van der Waals surface area contributed by atoms with E-state index in [-0.39, 0.29) is 12.3 Å². The van der Waals surface area contributed by atoms with Gasteiger partial charge < -0.3 is 10.4 Å². The summed E-state index contributed by atoms with van der Waals surface area (Å²) >= 11 is 0. The van der Waals surface area contributed by atoms with Gasteiger partial charge in [-0.2, -0.15) is 0 Å². The van der Waals surface area contributed by atoms with Gasteiger partial charge in [0.2, 0.25) is 11.7 Å². The number of nitrogens with one attached hydrogen (secondary N) is 1. The molecule has 0 unspecified atom stereocenters. The second-order valence-electron chi connectivity index (χ2n) is 4.00. The summed E-state index contributed by atoms with van der Waals surface area (Å²) in [6.45, 7) is 2.57. The minimum atomic E-state index is -1.01. The van der Waals surface area contributed by atoms with Gasteiger partial charge in [0, 0.05) is 26.0 Å². The van der Waals surface area contributed by atoms with Gasteiger partial charge in [-0.1, -0.05) is 12.1 Å². The largest absolute Gasteiger partial charge is 0.388 e. The van der Waals surface area contributed by atoms with Crippen molar-refractivity contribution >= 4 is 23.2 Å². The number of aliphatic hydroxyl groups is 1. The van der Waals surface area contributed by atoms with Crippen molar-refractivity contribution in [3.8, 4) is 0 Å². The maximum atomic E-state index is 11.2. The van der Waals surface area contributed by atoms with Crippen LogP contribution in [0.3, 0.4) is 0 Å². The number of benzene rings is 1. The average Bonchev–Trinajstić information content (AvgIpc) is 2.28. The zero-order valence-corrected chi connectivity index (χ0v) is 10.3. The molecule has 0 bridgehead atoms. The van der Waals surface area contributed by atoms with E-state index in [4.69, 9.17) is 0 Å². The van der Waals surface area contributed by atoms with Crippen LogP contribution in [0.2, 0.25) is 0 Å². The summed E-state index contributed by atoms with van der Waals surface area (Å²) in [7, 11) is 0. The third-order valence-electron chi connectivity index (χ3n) is 2.39. The van der Waals surface area contributed by atoms with Gasteiger partial charge in [0.05, 0.1) is 6.10 Å². The molecule has 0 radical (unpaired) electrons. The van der Waals surface area contributed by atoms with Crippen molar-refractivity contribution < 1.29 is 19.5 Å². The summed E-state index contributed by atoms with van der Waals surface area (Å²) in [5.74, 6) is -1.35. The standard InChI is InChI=1S/C13H15NO4/c1-8(15)12(17)7-13(18)10-3-5-11(6-4-10)14-9(2)16/h3-6,13,18H,7H2,1-2H3,(H,14,16)/t13-/m1/s1. The molecular weight excluding hydrogens is 234 g/mol. The van der Waals surface area contributed by atoms with Crippen LogP contribution in [0.25, 0.3) is 0 Å². The van der Waals surface area contributed by atoms with Crippen LogP contribution < -0.4 is 5.32 Å². The molecule has 96 valence electrons. The van der Waals surface area contributed by atoms with Crippen LogP contribution in [0.1, 0.15) is 31.9 Å². The molecule has 1 atom stereocenters. The fraction of sp³-hybridized carbons (Fsp3) is 0.308. The first-order valence-electron chi connectivity index (χ1n) is 5.49. The van der Waals surface area contributed by atoms with Crippen molar-refractivity contribution in [1.82, 2.24) is 0 Å². The topological polar surface area (TPSA) is 83.5 Å². The molecule has 5 heteroatoms. The molecule has 1 aromatic carbocycles. The molecule has 1 rings (SSSR count). The Labute approximate surface area is 105 Å². The molecule has 0 aliphatic rings. The Kier molecular flexibility index (Phi) is 4.74. The summed E-state index contributed by atoms with van der Waals surface area (Å²) in [6, 6.07) is 6.45. The Morgan fingerprint density at radius 3 is 2.17 bits per heavy atom. The number of hydrogen-bond acceptors (Lipinski definition) is 4. The number of ketones is 2. The first kappa shape index (κ1) is 14.1. The lowest BCUT2D eigenvalue weighted by Crippen LogP contribution is -2.14. The van der Waals surface area contributed by atoms with E-state index in [0.29, 0.717) is 11.3 Å². The van der Waals surface area contributed by atoms with Crippen molar-refractivity contribution in [3.63, 3.8) is 0 Å². The van der Waals surface area contributed by atoms with Crippen LogP contribution in [0.15, 0.2) is 24.3 Å². The summed E-state index contributed by atoms with van der Waals surface area (Å²) in [5.41, 5.74) is 1.13. The van der Waals surface area contributed by atoms with E-state index in [1.165, 1.54) is 13.8 Å². The third-order valence-corrected chi connectivity index (χ3v) is 2.39. The molecular formula is C13H15NO4. The Balaban J connectivity index is 2.69. The number of carbonyl (C=O) groups excluding carboxylic acids is 3. The molecule has 0 heterocycles. The van der Waals surface area contributed by atoms with Crippen LogP contribution in [0.5, 0.6) is 0 Å². The molecule has 0 saturated heterocycles. The molecule has 0 aromatic heterocycles. The normalized spacial score (nSPS) is 11.7. The highest BCUT2D eigenvalue weighted by atomic mass is 16.3. The van der Waals surface area contributed by atoms with E-state index in [0.717, 1.165) is 0 Å². The minimum absolute atomic E-state index is 0.185. The van der Waals surface area contributed by atoms with Crippen molar-refractivity contribution in [2.75, 3.05) is 5.32 Å². The molecule has 1 aromatic rings. The number of carbonyl (C=O) groups is 3. The van der Waals surface area contributed by atoms with Gasteiger partial charge in [-0.15, -0.1) is 0 Å². The first-order valence-corrected chi connectivity index (χ1v) is 5.49. The van der Waals surface area contributed by atoms with Gasteiger partial charge in [-0.05, 0) is 17.7 Å². The monoisotopic (exact) mass is 249 g/mol. The fourth-order valence-electron chi connectivity index (χ4n) is 1.43. The van der Waals surface area contributed by atoms with Crippen molar-refractivity contribution in [2.45, 2.75) is 26.4 Å². The highest BCUT2D eigenvalue weighted by molar-refractivity contribution is 6.36. The highest BCUT2D eigenvalue weighted by Crippen LogP contribution is 2.19. The predicted octanol–water partition coefficient (Wildman–Crippen LogP) is 1.23. The zero-order chi connectivity index (χ0) is 13.7. The molecule has 5 nitrogen and oxygen atoms in total. The van der Waals surface area contributed by atoms with Crippen LogP contribution in [0, 0.1) is 0 Å². The van der Waals surface area contributed by atoms with Crippen LogP contribution >= 0.6 is 0 Å². The summed E-state index contributed by atoms with van der Waals surface area (Å²) in [4.78, 5) is 32.8. The lowest BCUT2D eigenvalue weighted by atomic mass is 10.0. The van der Waals surface area contributed by atoms with E-state index in [1.807, 2.05) is 0 Å². The van der Waals surface area contributed by atoms with Gasteiger partial charge in [0.15, 0.2) is 5.78 Å². The summed E-state index contributed by atoms with van der Waals surface area (Å²) < 4.78 is 0. The smallest absolute Gasteiger partial charge is 0.221 e. The van der Waals surface area contributed by atoms with Crippen LogP contribution in [-0.2, 0) is 14.4 Å². The maximum absolute atomic E-state index is 11.2. The fourth-order valence-corrected chi connectivity index (χ4v) is 1.43. The Hall–Kier alpha value is -2.01. The molecule has 2 N–H and O–H groups in total. The molecule has 0 aliphatic carbocycles. The quantitative estimate of drug-likeness (QED) is 0.769. The number of anilines is 1. The molecule has 0 spiro atoms. The Morgan fingerprint density at radius 1 is 1.17 bits per heavy atom. The first-order chi connectivity index (χ1) is 8.40. The molecule has 0 fully saturated rings. The van der Waals surface area contributed by atoms with Crippen molar-refractivity contribution in [3.05, 3.63) is 29.8 Å². The third kappa shape index (κ3) is 4.10. The Bertz CT molecular complexity index is 464. The second-order valence-corrected chi connectivity index (χ2v) is 4.00. The predicted molar refractivity (Wildman–Crippen MR) is 66.0 cm³/mol. The lowest BCUT2D eigenvalue weighted by molar-refractivity contribution is -0.136. The van der Waals surface area contributed by atoms with E-state index >= 15 is 0 Å². The number of hydrogen-bond donors (Lipinski definition) is 2. The van der Waals surface area contributed by atoms with E-state index in [9.17, 15) is 19.5 Å². The zero-order valence-electron chi connectivity index (χ0n) is 10.3. The average molecular weight is 249 g/mol. The van der Waals surface area contributed by atoms with Gasteiger partial charge >= 0.3 is 0 Å². The van der Waals surface area contributed by atoms with Gasteiger partial charge in [-0.3, -0.25) is 14.4 Å². The summed E-state index contributed by atoms with van der Waals surface area (Å²) in [6.07, 6.45) is -1.23. The van der Waals surface area contributed by atoms with Gasteiger partial charge in [0.25, 0.3) is 0 Å². The van der Waals surface area contributed by atoms with Crippen molar-refractivity contribution in [2.24, 2.45) is 0 Å². The van der Waals surface area contributed by atoms with E-state index in [1.54, 1.807) is 24.3 Å². The lowest BCUT2D eigenvalue weighted by Gasteiger charge is -2.10. The number of rotatable bonds is 5. The Morgan fingerprint density at radius 2 is 1.72 bits per heavy atom. The minimum Gasteiger partial charge on any atom is -0.388 e. The number of aliphatic hydroxyl groups excluding tert-OH is 1. The van der Waals surface area contributed by atoms with Crippen LogP contribution in [-0.4, -0.2) is 22.6 Å². The molecule has 1 amide bonds. The van der Waals surface area contributed by atoms with E-state index in [2.05, 4.69) is 5.32 Å². The van der Waals surface area contributed by atoms with E-state index < -0.39 is 17.7 Å². The molecule has 18 heavy (non-hydrogen) atoms.